The molecule has 0 radical (unpaired) electrons. The first kappa shape index (κ1) is 13.8. The first-order valence-corrected chi connectivity index (χ1v) is 8.34. The van der Waals surface area contributed by atoms with Crippen molar-refractivity contribution in [2.24, 2.45) is 0 Å². The molecule has 104 valence electrons. The zero-order chi connectivity index (χ0) is 13.5. The molecule has 0 spiro atoms. The van der Waals surface area contributed by atoms with Crippen molar-refractivity contribution in [2.75, 3.05) is 13.7 Å². The molecule has 1 aromatic carbocycles. The molecule has 0 N–H and O–H groups in total. The van der Waals surface area contributed by atoms with E-state index in [1.807, 2.05) is 0 Å². The molecular weight excluding hydrogens is 349 g/mol. The smallest absolute Gasteiger partial charge is 0.0960 e. The van der Waals surface area contributed by atoms with Crippen LogP contribution in [0.25, 0.3) is 0 Å². The van der Waals surface area contributed by atoms with Gasteiger partial charge in [0.05, 0.1) is 5.60 Å². The van der Waals surface area contributed by atoms with E-state index in [-0.39, 0.29) is 5.60 Å². The normalized spacial score (nSPS) is 34.7. The summed E-state index contributed by atoms with van der Waals surface area (Å²) in [6.45, 7) is 2.92. The van der Waals surface area contributed by atoms with Crippen LogP contribution in [0.2, 0.25) is 0 Å². The number of fused-ring (bicyclic) bond motifs is 2. The molecule has 2 saturated heterocycles. The van der Waals surface area contributed by atoms with Crippen molar-refractivity contribution >= 4 is 22.6 Å². The maximum atomic E-state index is 6.30. The van der Waals surface area contributed by atoms with E-state index < -0.39 is 0 Å². The van der Waals surface area contributed by atoms with Crippen LogP contribution in [0.3, 0.4) is 0 Å². The summed E-state index contributed by atoms with van der Waals surface area (Å²) < 4.78 is 7.59. The topological polar surface area (TPSA) is 12.5 Å². The molecule has 2 atom stereocenters. The zero-order valence-electron chi connectivity index (χ0n) is 11.7. The van der Waals surface area contributed by atoms with Crippen LogP contribution < -0.4 is 0 Å². The molecule has 2 fully saturated rings. The standard InChI is InChI=1S/C16H22INO/c1-3-19-16(12-4-6-13(17)7-5-12)10-14-8-9-15(11-16)18(14)2/h4-7,14-15H,3,8-11H2,1-2H3. The largest absolute Gasteiger partial charge is 0.370 e. The highest BCUT2D eigenvalue weighted by Crippen LogP contribution is 2.47. The van der Waals surface area contributed by atoms with Gasteiger partial charge in [0.15, 0.2) is 0 Å². The molecule has 3 heteroatoms. The van der Waals surface area contributed by atoms with Gasteiger partial charge in [-0.1, -0.05) is 12.1 Å². The molecule has 0 aromatic heterocycles. The average molecular weight is 371 g/mol. The number of benzene rings is 1. The maximum Gasteiger partial charge on any atom is 0.0960 e. The Morgan fingerprint density at radius 1 is 1.21 bits per heavy atom. The van der Waals surface area contributed by atoms with Crippen molar-refractivity contribution in [3.8, 4) is 0 Å². The van der Waals surface area contributed by atoms with E-state index in [1.165, 1.54) is 22.0 Å². The highest BCUT2D eigenvalue weighted by atomic mass is 127. The molecule has 19 heavy (non-hydrogen) atoms. The Kier molecular flexibility index (Phi) is 3.89. The van der Waals surface area contributed by atoms with Gasteiger partial charge in [-0.05, 0) is 79.9 Å². The quantitative estimate of drug-likeness (QED) is 0.750. The van der Waals surface area contributed by atoms with Gasteiger partial charge >= 0.3 is 0 Å². The number of ether oxygens (including phenoxy) is 1. The molecule has 2 nitrogen and oxygen atoms in total. The SMILES string of the molecule is CCOC1(c2ccc(I)cc2)CC2CCC(C1)N2C. The summed E-state index contributed by atoms with van der Waals surface area (Å²) in [4.78, 5) is 2.57. The minimum absolute atomic E-state index is 0.0442. The van der Waals surface area contributed by atoms with Crippen LogP contribution in [-0.4, -0.2) is 30.6 Å². The van der Waals surface area contributed by atoms with Gasteiger partial charge in [0.1, 0.15) is 0 Å². The van der Waals surface area contributed by atoms with E-state index in [4.69, 9.17) is 4.74 Å². The van der Waals surface area contributed by atoms with Crippen molar-refractivity contribution in [3.63, 3.8) is 0 Å². The van der Waals surface area contributed by atoms with E-state index in [9.17, 15) is 0 Å². The van der Waals surface area contributed by atoms with Gasteiger partial charge in [-0.15, -0.1) is 0 Å². The number of rotatable bonds is 3. The minimum atomic E-state index is -0.0442. The summed E-state index contributed by atoms with van der Waals surface area (Å²) in [5, 5.41) is 0. The predicted molar refractivity (Wildman–Crippen MR) is 86.3 cm³/mol. The number of hydrogen-bond donors (Lipinski definition) is 0. The van der Waals surface area contributed by atoms with Crippen LogP contribution in [0.15, 0.2) is 24.3 Å². The lowest BCUT2D eigenvalue weighted by Crippen LogP contribution is -2.49. The fourth-order valence-corrected chi connectivity index (χ4v) is 4.25. The Balaban J connectivity index is 1.94. The Morgan fingerprint density at radius 2 is 1.79 bits per heavy atom. The minimum Gasteiger partial charge on any atom is -0.370 e. The summed E-state index contributed by atoms with van der Waals surface area (Å²) in [5.41, 5.74) is 1.33. The van der Waals surface area contributed by atoms with Gasteiger partial charge in [-0.3, -0.25) is 0 Å². The van der Waals surface area contributed by atoms with Crippen LogP contribution in [0.5, 0.6) is 0 Å². The zero-order valence-corrected chi connectivity index (χ0v) is 13.9. The fourth-order valence-electron chi connectivity index (χ4n) is 3.89. The van der Waals surface area contributed by atoms with E-state index in [0.717, 1.165) is 19.4 Å². The summed E-state index contributed by atoms with van der Waals surface area (Å²) in [7, 11) is 2.28. The molecule has 0 amide bonds. The molecule has 0 saturated carbocycles. The highest BCUT2D eigenvalue weighted by Gasteiger charge is 2.48. The van der Waals surface area contributed by atoms with Gasteiger partial charge in [-0.2, -0.15) is 0 Å². The van der Waals surface area contributed by atoms with Gasteiger partial charge in [0, 0.05) is 22.3 Å². The third-order valence-electron chi connectivity index (χ3n) is 4.91. The number of hydrogen-bond acceptors (Lipinski definition) is 2. The Hall–Kier alpha value is -0.130. The number of piperidine rings is 1. The average Bonchev–Trinajstić information content (AvgIpc) is 2.64. The summed E-state index contributed by atoms with van der Waals surface area (Å²) in [5.74, 6) is 0. The highest BCUT2D eigenvalue weighted by molar-refractivity contribution is 14.1. The van der Waals surface area contributed by atoms with Crippen molar-refractivity contribution in [3.05, 3.63) is 33.4 Å². The van der Waals surface area contributed by atoms with E-state index in [1.54, 1.807) is 0 Å². The second-order valence-corrected chi connectivity index (χ2v) is 7.14. The third-order valence-corrected chi connectivity index (χ3v) is 5.63. The molecule has 1 aromatic rings. The van der Waals surface area contributed by atoms with E-state index in [2.05, 4.69) is 65.7 Å². The van der Waals surface area contributed by atoms with E-state index in [0.29, 0.717) is 12.1 Å². The maximum absolute atomic E-state index is 6.30. The molecule has 2 heterocycles. The van der Waals surface area contributed by atoms with Crippen LogP contribution >= 0.6 is 22.6 Å². The molecule has 2 aliphatic rings. The van der Waals surface area contributed by atoms with Crippen molar-refractivity contribution < 1.29 is 4.74 Å². The molecule has 2 bridgehead atoms. The van der Waals surface area contributed by atoms with Crippen LogP contribution in [-0.2, 0) is 10.3 Å². The van der Waals surface area contributed by atoms with Crippen molar-refractivity contribution in [1.29, 1.82) is 0 Å². The lowest BCUT2D eigenvalue weighted by Gasteiger charge is -2.45. The third kappa shape index (κ3) is 2.45. The van der Waals surface area contributed by atoms with Crippen molar-refractivity contribution in [2.45, 2.75) is 50.3 Å². The van der Waals surface area contributed by atoms with Crippen LogP contribution in [0, 0.1) is 3.57 Å². The Bertz CT molecular complexity index is 431. The summed E-state index contributed by atoms with van der Waals surface area (Å²) in [6, 6.07) is 10.3. The Labute approximate surface area is 129 Å². The molecule has 2 aliphatic heterocycles. The molecule has 2 unspecified atom stereocenters. The lowest BCUT2D eigenvalue weighted by atomic mass is 9.80. The van der Waals surface area contributed by atoms with Gasteiger partial charge in [0.2, 0.25) is 0 Å². The number of halogens is 1. The van der Waals surface area contributed by atoms with Crippen LogP contribution in [0.4, 0.5) is 0 Å². The van der Waals surface area contributed by atoms with Crippen molar-refractivity contribution in [1.82, 2.24) is 4.90 Å². The summed E-state index contributed by atoms with van der Waals surface area (Å²) >= 11 is 2.37. The molecular formula is C16H22INO. The van der Waals surface area contributed by atoms with Crippen LogP contribution in [0.1, 0.15) is 38.2 Å². The first-order valence-electron chi connectivity index (χ1n) is 7.26. The second kappa shape index (κ2) is 5.34. The monoisotopic (exact) mass is 371 g/mol. The summed E-state index contributed by atoms with van der Waals surface area (Å²) in [6.07, 6.45) is 4.96. The fraction of sp³-hybridized carbons (Fsp3) is 0.625. The van der Waals surface area contributed by atoms with E-state index >= 15 is 0 Å². The molecule has 0 aliphatic carbocycles. The van der Waals surface area contributed by atoms with Gasteiger partial charge in [0.25, 0.3) is 0 Å². The Morgan fingerprint density at radius 3 is 2.32 bits per heavy atom. The second-order valence-electron chi connectivity index (χ2n) is 5.89. The van der Waals surface area contributed by atoms with Gasteiger partial charge in [-0.25, -0.2) is 0 Å². The first-order chi connectivity index (χ1) is 9.14. The number of nitrogens with zero attached hydrogens (tertiary/aromatic N) is 1. The molecule has 3 rings (SSSR count). The lowest BCUT2D eigenvalue weighted by molar-refractivity contribution is -0.101. The van der Waals surface area contributed by atoms with Gasteiger partial charge < -0.3 is 9.64 Å². The predicted octanol–water partition coefficient (Wildman–Crippen LogP) is 3.78.